The van der Waals surface area contributed by atoms with Gasteiger partial charge in [0.2, 0.25) is 5.65 Å². The lowest BCUT2D eigenvalue weighted by Crippen LogP contribution is -2.29. The number of nitrogens with two attached hydrogens (primary N) is 1. The number of benzene rings is 1. The summed E-state index contributed by atoms with van der Waals surface area (Å²) in [5.74, 6) is 0.213. The monoisotopic (exact) mass is 438 g/mol. The average molecular weight is 439 g/mol. The summed E-state index contributed by atoms with van der Waals surface area (Å²) in [5.41, 5.74) is 12.6. The van der Waals surface area contributed by atoms with Crippen LogP contribution in [0.15, 0.2) is 71.8 Å². The van der Waals surface area contributed by atoms with Gasteiger partial charge in [-0.25, -0.2) is 9.78 Å². The van der Waals surface area contributed by atoms with Crippen molar-refractivity contribution in [2.75, 3.05) is 5.73 Å². The molecule has 33 heavy (non-hydrogen) atoms. The summed E-state index contributed by atoms with van der Waals surface area (Å²) in [6.07, 6.45) is 3.44. The molecule has 4 aromatic heterocycles. The van der Waals surface area contributed by atoms with Crippen molar-refractivity contribution in [2.24, 2.45) is 0 Å². The van der Waals surface area contributed by atoms with Crippen molar-refractivity contribution in [3.05, 3.63) is 94.4 Å². The second-order valence-corrected chi connectivity index (χ2v) is 8.11. The number of nitrogen functional groups attached to an aromatic ring is 1. The molecular formula is C25H24N7O+. The second kappa shape index (κ2) is 7.98. The third kappa shape index (κ3) is 3.55. The fraction of sp³-hybridized carbons (Fsp3) is 0.160. The number of nitrogens with zero attached hydrogens (tertiary/aromatic N) is 5. The van der Waals surface area contributed by atoms with Gasteiger partial charge < -0.3 is 0 Å². The van der Waals surface area contributed by atoms with Gasteiger partial charge in [-0.05, 0) is 50.1 Å². The van der Waals surface area contributed by atoms with E-state index in [9.17, 15) is 4.79 Å². The standard InChI is InChI=1S/C25H23N7O/c1-15-12-20(13-16(2)28-15)21-22(18-8-5-4-6-9-18)29-24(26)31-23(21)30-32(25(31)33)17(3)19-10-7-11-27-14-19/h4-14,17H,1-3H3,(H2,26,29)/p+1. The number of H-pyrrole nitrogens is 1. The predicted octanol–water partition coefficient (Wildman–Crippen LogP) is 3.24. The van der Waals surface area contributed by atoms with Crippen molar-refractivity contribution in [3.63, 3.8) is 0 Å². The Balaban J connectivity index is 1.86. The summed E-state index contributed by atoms with van der Waals surface area (Å²) in [5, 5.41) is 4.79. The van der Waals surface area contributed by atoms with Crippen LogP contribution in [0.25, 0.3) is 28.0 Å². The molecule has 0 bridgehead atoms. The molecule has 5 rings (SSSR count). The lowest BCUT2D eigenvalue weighted by atomic mass is 9.99. The van der Waals surface area contributed by atoms with E-state index in [0.717, 1.165) is 39.3 Å². The molecule has 8 heteroatoms. The number of pyridine rings is 2. The van der Waals surface area contributed by atoms with Gasteiger partial charge in [0, 0.05) is 29.3 Å². The van der Waals surface area contributed by atoms with Crippen LogP contribution in [0.1, 0.15) is 29.9 Å². The Kier molecular flexibility index (Phi) is 4.97. The Labute approximate surface area is 190 Å². The van der Waals surface area contributed by atoms with Crippen molar-refractivity contribution in [3.8, 4) is 22.4 Å². The van der Waals surface area contributed by atoms with Crippen LogP contribution in [0.3, 0.4) is 0 Å². The molecule has 164 valence electrons. The van der Waals surface area contributed by atoms with Gasteiger partial charge in [-0.3, -0.25) is 15.7 Å². The number of aromatic amines is 1. The fourth-order valence-electron chi connectivity index (χ4n) is 4.21. The van der Waals surface area contributed by atoms with Crippen LogP contribution in [0.2, 0.25) is 0 Å². The molecule has 0 aliphatic carbocycles. The summed E-state index contributed by atoms with van der Waals surface area (Å²) in [6, 6.07) is 17.3. The van der Waals surface area contributed by atoms with Crippen LogP contribution >= 0.6 is 0 Å². The minimum atomic E-state index is -0.321. The van der Waals surface area contributed by atoms with Crippen LogP contribution in [0.5, 0.6) is 0 Å². The largest absolute Gasteiger partial charge is 0.412 e. The molecule has 1 atom stereocenters. The Hall–Kier alpha value is -4.33. The first-order chi connectivity index (χ1) is 15.9. The zero-order chi connectivity index (χ0) is 23.1. The third-order valence-corrected chi connectivity index (χ3v) is 5.74. The molecular weight excluding hydrogens is 414 g/mol. The minimum absolute atomic E-state index is 0.213. The molecule has 4 heterocycles. The van der Waals surface area contributed by atoms with Crippen LogP contribution in [0, 0.1) is 13.8 Å². The molecule has 0 aliphatic rings. The molecule has 0 saturated heterocycles. The van der Waals surface area contributed by atoms with Gasteiger partial charge in [-0.1, -0.05) is 36.4 Å². The predicted molar refractivity (Wildman–Crippen MR) is 127 cm³/mol. The third-order valence-electron chi connectivity index (χ3n) is 5.74. The SMILES string of the molecule is Cc1cc(-c2c(-c3ccccc3)[nH+]c(N)n3c(=O)n(C(C)c4cccnc4)nc23)cc(C)n1. The highest BCUT2D eigenvalue weighted by molar-refractivity contribution is 5.88. The minimum Gasteiger partial charge on any atom is -0.290 e. The molecule has 1 unspecified atom stereocenters. The van der Waals surface area contributed by atoms with Crippen LogP contribution in [-0.4, -0.2) is 24.1 Å². The van der Waals surface area contributed by atoms with Gasteiger partial charge in [0.25, 0.3) is 0 Å². The fourth-order valence-corrected chi connectivity index (χ4v) is 4.21. The average Bonchev–Trinajstić information content (AvgIpc) is 3.16. The van der Waals surface area contributed by atoms with E-state index in [1.807, 2.05) is 75.4 Å². The molecule has 0 aliphatic heterocycles. The van der Waals surface area contributed by atoms with Crippen LogP contribution in [0.4, 0.5) is 5.95 Å². The summed E-state index contributed by atoms with van der Waals surface area (Å²) < 4.78 is 2.88. The van der Waals surface area contributed by atoms with Crippen molar-refractivity contribution in [1.82, 2.24) is 24.1 Å². The second-order valence-electron chi connectivity index (χ2n) is 8.11. The number of hydrogen-bond acceptors (Lipinski definition) is 5. The number of aromatic nitrogens is 6. The van der Waals surface area contributed by atoms with E-state index in [0.29, 0.717) is 5.65 Å². The number of rotatable bonds is 4. The molecule has 0 radical (unpaired) electrons. The summed E-state index contributed by atoms with van der Waals surface area (Å²) in [6.45, 7) is 5.82. The molecule has 0 saturated carbocycles. The van der Waals surface area contributed by atoms with E-state index < -0.39 is 0 Å². The highest BCUT2D eigenvalue weighted by Crippen LogP contribution is 2.33. The molecule has 0 fully saturated rings. The molecule has 5 aromatic rings. The summed E-state index contributed by atoms with van der Waals surface area (Å²) in [4.78, 5) is 25.4. The van der Waals surface area contributed by atoms with Gasteiger partial charge in [0.1, 0.15) is 5.69 Å². The van der Waals surface area contributed by atoms with Crippen LogP contribution < -0.4 is 16.4 Å². The van der Waals surface area contributed by atoms with Crippen molar-refractivity contribution < 1.29 is 4.98 Å². The number of hydrogen-bond donors (Lipinski definition) is 1. The number of anilines is 1. The lowest BCUT2D eigenvalue weighted by Gasteiger charge is -2.10. The quantitative estimate of drug-likeness (QED) is 0.464. The van der Waals surface area contributed by atoms with E-state index in [2.05, 4.69) is 15.0 Å². The van der Waals surface area contributed by atoms with Crippen molar-refractivity contribution >= 4 is 11.6 Å². The first kappa shape index (κ1) is 20.6. The normalized spacial score (nSPS) is 12.2. The zero-order valence-electron chi connectivity index (χ0n) is 18.6. The zero-order valence-corrected chi connectivity index (χ0v) is 18.6. The Morgan fingerprint density at radius 1 is 1.00 bits per heavy atom. The van der Waals surface area contributed by atoms with Gasteiger partial charge in [-0.2, -0.15) is 4.68 Å². The number of aryl methyl sites for hydroxylation is 2. The first-order valence-electron chi connectivity index (χ1n) is 10.7. The van der Waals surface area contributed by atoms with Gasteiger partial charge in [0.15, 0.2) is 0 Å². The molecule has 1 aromatic carbocycles. The highest BCUT2D eigenvalue weighted by Gasteiger charge is 2.27. The summed E-state index contributed by atoms with van der Waals surface area (Å²) in [7, 11) is 0. The van der Waals surface area contributed by atoms with Crippen LogP contribution in [-0.2, 0) is 0 Å². The Bertz CT molecular complexity index is 1500. The van der Waals surface area contributed by atoms with Gasteiger partial charge in [0.05, 0.1) is 11.6 Å². The summed E-state index contributed by atoms with van der Waals surface area (Å²) >= 11 is 0. The van der Waals surface area contributed by atoms with E-state index in [1.54, 1.807) is 12.4 Å². The number of fused-ring (bicyclic) bond motifs is 1. The van der Waals surface area contributed by atoms with Crippen molar-refractivity contribution in [1.29, 1.82) is 0 Å². The highest BCUT2D eigenvalue weighted by atomic mass is 16.2. The van der Waals surface area contributed by atoms with E-state index in [1.165, 1.54) is 9.08 Å². The van der Waals surface area contributed by atoms with Gasteiger partial charge in [-0.15, -0.1) is 9.50 Å². The molecule has 8 nitrogen and oxygen atoms in total. The maximum atomic E-state index is 13.5. The number of nitrogens with one attached hydrogen (secondary N) is 1. The molecule has 0 spiro atoms. The van der Waals surface area contributed by atoms with Gasteiger partial charge >= 0.3 is 11.6 Å². The lowest BCUT2D eigenvalue weighted by molar-refractivity contribution is -0.351. The molecule has 0 amide bonds. The van der Waals surface area contributed by atoms with Crippen molar-refractivity contribution in [2.45, 2.75) is 26.8 Å². The van der Waals surface area contributed by atoms with E-state index in [-0.39, 0.29) is 17.7 Å². The smallest absolute Gasteiger partial charge is 0.290 e. The Morgan fingerprint density at radius 3 is 2.39 bits per heavy atom. The maximum Gasteiger partial charge on any atom is 0.412 e. The van der Waals surface area contributed by atoms with E-state index >= 15 is 0 Å². The van der Waals surface area contributed by atoms with E-state index in [4.69, 9.17) is 10.8 Å². The Morgan fingerprint density at radius 2 is 1.73 bits per heavy atom. The molecule has 3 N–H and O–H groups in total. The first-order valence-corrected chi connectivity index (χ1v) is 10.7. The topological polar surface area (TPSA) is 105 Å². The maximum absolute atomic E-state index is 13.5.